The minimum atomic E-state index is -0.610. The summed E-state index contributed by atoms with van der Waals surface area (Å²) < 4.78 is 4.81. The van der Waals surface area contributed by atoms with Crippen LogP contribution in [0.5, 0.6) is 0 Å². The van der Waals surface area contributed by atoms with Crippen molar-refractivity contribution in [3.05, 3.63) is 39.4 Å². The number of ether oxygens (including phenoxy) is 1. The average molecular weight is 268 g/mol. The van der Waals surface area contributed by atoms with Gasteiger partial charge in [-0.25, -0.2) is 4.79 Å². The topological polar surface area (TPSA) is 81.5 Å². The lowest BCUT2D eigenvalue weighted by atomic mass is 10.1. The molecule has 0 aliphatic rings. The molecule has 0 aliphatic heterocycles. The zero-order valence-corrected chi connectivity index (χ0v) is 11.7. The van der Waals surface area contributed by atoms with Crippen molar-refractivity contribution in [2.75, 3.05) is 7.05 Å². The van der Waals surface area contributed by atoms with Gasteiger partial charge in [0.2, 0.25) is 0 Å². The first-order chi connectivity index (χ1) is 9.08. The van der Waals surface area contributed by atoms with Gasteiger partial charge in [0.15, 0.2) is 0 Å². The average Bonchev–Trinajstić information content (AvgIpc) is 2.46. The Hall–Kier alpha value is -2.11. The molecule has 0 aromatic heterocycles. The predicted molar refractivity (Wildman–Crippen MR) is 73.1 cm³/mol. The fraction of sp³-hybridized carbons (Fsp3) is 0.462. The number of rotatable bonds is 4. The summed E-state index contributed by atoms with van der Waals surface area (Å²) in [5.74, 6) is 0. The molecule has 0 unspecified atom stereocenters. The molecule has 1 amide bonds. The number of hydrogen-bond donors (Lipinski definition) is 1. The maximum Gasteiger partial charge on any atom is 0.407 e. The Labute approximate surface area is 112 Å². The molecule has 1 N–H and O–H groups in total. The van der Waals surface area contributed by atoms with Gasteiger partial charge in [-0.1, -0.05) is 26.8 Å². The Kier molecular flexibility index (Phi) is 7.92. The number of benzene rings is 1. The van der Waals surface area contributed by atoms with Crippen LogP contribution in [0.2, 0.25) is 0 Å². The van der Waals surface area contributed by atoms with Crippen LogP contribution in [0.15, 0.2) is 18.2 Å². The number of nitro groups is 1. The van der Waals surface area contributed by atoms with E-state index in [1.54, 1.807) is 12.1 Å². The van der Waals surface area contributed by atoms with Crippen molar-refractivity contribution in [2.24, 2.45) is 0 Å². The van der Waals surface area contributed by atoms with E-state index < -0.39 is 11.0 Å². The summed E-state index contributed by atoms with van der Waals surface area (Å²) in [4.78, 5) is 21.2. The Bertz CT molecular complexity index is 433. The lowest BCUT2D eigenvalue weighted by Gasteiger charge is -2.06. The van der Waals surface area contributed by atoms with E-state index in [9.17, 15) is 14.9 Å². The molecule has 1 rings (SSSR count). The highest BCUT2D eigenvalue weighted by Crippen LogP contribution is 2.21. The smallest absolute Gasteiger partial charge is 0.407 e. The minimum Gasteiger partial charge on any atom is -0.444 e. The van der Waals surface area contributed by atoms with Gasteiger partial charge in [0.05, 0.1) is 10.5 Å². The molecule has 1 aromatic rings. The van der Waals surface area contributed by atoms with Gasteiger partial charge in [-0.05, 0) is 18.1 Å². The van der Waals surface area contributed by atoms with Crippen LogP contribution in [0.25, 0.3) is 0 Å². The van der Waals surface area contributed by atoms with Crippen LogP contribution in [0.1, 0.15) is 31.9 Å². The Morgan fingerprint density at radius 1 is 1.42 bits per heavy atom. The summed E-state index contributed by atoms with van der Waals surface area (Å²) in [6.45, 7) is 5.84. The summed E-state index contributed by atoms with van der Waals surface area (Å²) in [6.07, 6.45) is 0.159. The summed E-state index contributed by atoms with van der Waals surface area (Å²) in [7, 11) is 1.43. The van der Waals surface area contributed by atoms with Crippen molar-refractivity contribution in [2.45, 2.75) is 33.8 Å². The van der Waals surface area contributed by atoms with Crippen molar-refractivity contribution < 1.29 is 14.5 Å². The zero-order chi connectivity index (χ0) is 14.8. The van der Waals surface area contributed by atoms with Gasteiger partial charge in [-0.15, -0.1) is 0 Å². The molecule has 0 radical (unpaired) electrons. The standard InChI is InChI=1S/C11H14N2O4.C2H6/c1-3-8-4-5-10(13(15)16)9(6-8)7-17-11(14)12-2;1-2/h4-6H,3,7H2,1-2H3,(H,12,14);1-2H3. The van der Waals surface area contributed by atoms with Crippen LogP contribution >= 0.6 is 0 Å². The third-order valence-electron chi connectivity index (χ3n) is 2.31. The summed E-state index contributed by atoms with van der Waals surface area (Å²) in [5.41, 5.74) is 1.33. The largest absolute Gasteiger partial charge is 0.444 e. The summed E-state index contributed by atoms with van der Waals surface area (Å²) in [6, 6.07) is 4.81. The third kappa shape index (κ3) is 5.37. The fourth-order valence-corrected chi connectivity index (χ4v) is 1.37. The van der Waals surface area contributed by atoms with Gasteiger partial charge in [0.1, 0.15) is 6.61 Å². The molecule has 0 atom stereocenters. The van der Waals surface area contributed by atoms with Crippen LogP contribution in [0.3, 0.4) is 0 Å². The van der Waals surface area contributed by atoms with E-state index in [0.717, 1.165) is 12.0 Å². The summed E-state index contributed by atoms with van der Waals surface area (Å²) in [5, 5.41) is 13.1. The molecule has 0 aliphatic carbocycles. The second-order valence-electron chi connectivity index (χ2n) is 3.40. The van der Waals surface area contributed by atoms with Gasteiger partial charge in [0.25, 0.3) is 5.69 Å². The second kappa shape index (κ2) is 8.91. The number of hydrogen-bond acceptors (Lipinski definition) is 4. The number of amides is 1. The SMILES string of the molecule is CC.CCc1ccc([N+](=O)[O-])c(COC(=O)NC)c1. The van der Waals surface area contributed by atoms with Crippen LogP contribution in [0.4, 0.5) is 10.5 Å². The van der Waals surface area contributed by atoms with Crippen molar-refractivity contribution in [1.29, 1.82) is 0 Å². The van der Waals surface area contributed by atoms with E-state index in [2.05, 4.69) is 5.32 Å². The first-order valence-corrected chi connectivity index (χ1v) is 6.19. The van der Waals surface area contributed by atoms with Gasteiger partial charge < -0.3 is 10.1 Å². The number of nitrogens with one attached hydrogen (secondary N) is 1. The fourth-order valence-electron chi connectivity index (χ4n) is 1.37. The quantitative estimate of drug-likeness (QED) is 0.672. The molecule has 106 valence electrons. The summed E-state index contributed by atoms with van der Waals surface area (Å²) >= 11 is 0. The van der Waals surface area contributed by atoms with Crippen LogP contribution in [-0.2, 0) is 17.8 Å². The van der Waals surface area contributed by atoms with E-state index in [1.165, 1.54) is 13.1 Å². The van der Waals surface area contributed by atoms with Gasteiger partial charge in [-0.3, -0.25) is 10.1 Å². The number of carbonyl (C=O) groups excluding carboxylic acids is 1. The molecule has 0 heterocycles. The molecule has 6 nitrogen and oxygen atoms in total. The van der Waals surface area contributed by atoms with E-state index in [4.69, 9.17) is 4.74 Å². The third-order valence-corrected chi connectivity index (χ3v) is 2.31. The lowest BCUT2D eigenvalue weighted by Crippen LogP contribution is -2.19. The first-order valence-electron chi connectivity index (χ1n) is 6.19. The van der Waals surface area contributed by atoms with Gasteiger partial charge in [-0.2, -0.15) is 0 Å². The molecule has 1 aromatic carbocycles. The molecule has 0 bridgehead atoms. The lowest BCUT2D eigenvalue weighted by molar-refractivity contribution is -0.385. The van der Waals surface area contributed by atoms with E-state index in [-0.39, 0.29) is 12.3 Å². The van der Waals surface area contributed by atoms with Crippen molar-refractivity contribution >= 4 is 11.8 Å². The van der Waals surface area contributed by atoms with Crippen LogP contribution in [-0.4, -0.2) is 18.1 Å². The molecule has 19 heavy (non-hydrogen) atoms. The van der Waals surface area contributed by atoms with Crippen molar-refractivity contribution in [3.63, 3.8) is 0 Å². The monoisotopic (exact) mass is 268 g/mol. The van der Waals surface area contributed by atoms with Crippen LogP contribution in [0, 0.1) is 10.1 Å². The number of alkyl carbamates (subject to hydrolysis) is 1. The highest BCUT2D eigenvalue weighted by molar-refractivity contribution is 5.66. The van der Waals surface area contributed by atoms with Crippen molar-refractivity contribution in [3.8, 4) is 0 Å². The Balaban J connectivity index is 0.00000154. The molecular weight excluding hydrogens is 248 g/mol. The zero-order valence-electron chi connectivity index (χ0n) is 11.7. The molecule has 0 spiro atoms. The molecule has 0 saturated heterocycles. The Morgan fingerprint density at radius 3 is 2.53 bits per heavy atom. The molecule has 6 heteroatoms. The Morgan fingerprint density at radius 2 is 2.05 bits per heavy atom. The highest BCUT2D eigenvalue weighted by Gasteiger charge is 2.15. The second-order valence-corrected chi connectivity index (χ2v) is 3.40. The van der Waals surface area contributed by atoms with E-state index >= 15 is 0 Å². The first kappa shape index (κ1) is 16.9. The van der Waals surface area contributed by atoms with Crippen molar-refractivity contribution in [1.82, 2.24) is 5.32 Å². The minimum absolute atomic E-state index is 0.0360. The number of nitro benzene ring substituents is 1. The maximum absolute atomic E-state index is 10.9. The molecular formula is C13H20N2O4. The van der Waals surface area contributed by atoms with E-state index in [0.29, 0.717) is 5.56 Å². The van der Waals surface area contributed by atoms with E-state index in [1.807, 2.05) is 20.8 Å². The van der Waals surface area contributed by atoms with Crippen LogP contribution < -0.4 is 5.32 Å². The number of carbonyl (C=O) groups is 1. The molecule has 0 saturated carbocycles. The normalized spacial score (nSPS) is 9.05. The number of aryl methyl sites for hydroxylation is 1. The van der Waals surface area contributed by atoms with Gasteiger partial charge in [0, 0.05) is 13.1 Å². The number of nitrogens with zero attached hydrogens (tertiary/aromatic N) is 1. The predicted octanol–water partition coefficient (Wildman–Crippen LogP) is 3.04. The maximum atomic E-state index is 10.9. The van der Waals surface area contributed by atoms with Gasteiger partial charge >= 0.3 is 6.09 Å². The highest BCUT2D eigenvalue weighted by atomic mass is 16.6. The molecule has 0 fully saturated rings.